The second-order valence-corrected chi connectivity index (χ2v) is 12.6. The average molecular weight is 666 g/mol. The third-order valence-corrected chi connectivity index (χ3v) is 9.41. The summed E-state index contributed by atoms with van der Waals surface area (Å²) in [5.41, 5.74) is 2.95. The van der Waals surface area contributed by atoms with E-state index in [0.717, 1.165) is 15.3 Å². The van der Waals surface area contributed by atoms with Crippen molar-refractivity contribution in [1.82, 2.24) is 10.2 Å². The van der Waals surface area contributed by atoms with Crippen LogP contribution >= 0.6 is 23.1 Å². The molecule has 238 valence electrons. The SMILES string of the molecule is COc1ccc(/C=C(/NC(=O)c2ccccc2)C(=O)Nc2cccc(SCC(=O)Nc3sc4c(c3C#N)CCN(C(C)=O)C4)c2)cc1. The van der Waals surface area contributed by atoms with Crippen molar-refractivity contribution >= 4 is 63.5 Å². The number of hydrogen-bond donors (Lipinski definition) is 3. The van der Waals surface area contributed by atoms with Crippen LogP contribution in [0.5, 0.6) is 5.75 Å². The molecule has 1 aromatic heterocycles. The van der Waals surface area contributed by atoms with Crippen molar-refractivity contribution in [3.8, 4) is 11.8 Å². The highest BCUT2D eigenvalue weighted by Crippen LogP contribution is 2.37. The molecule has 4 amide bonds. The van der Waals surface area contributed by atoms with Crippen LogP contribution in [0.25, 0.3) is 6.08 Å². The molecule has 0 saturated heterocycles. The first kappa shape index (κ1) is 33.0. The molecule has 1 aliphatic heterocycles. The highest BCUT2D eigenvalue weighted by molar-refractivity contribution is 8.00. The van der Waals surface area contributed by atoms with Crippen molar-refractivity contribution < 1.29 is 23.9 Å². The molecule has 0 spiro atoms. The van der Waals surface area contributed by atoms with Gasteiger partial charge in [0.15, 0.2) is 0 Å². The largest absolute Gasteiger partial charge is 0.497 e. The van der Waals surface area contributed by atoms with Crippen molar-refractivity contribution in [2.24, 2.45) is 0 Å². The number of thiophene rings is 1. The zero-order valence-corrected chi connectivity index (χ0v) is 27.3. The van der Waals surface area contributed by atoms with Gasteiger partial charge in [0, 0.05) is 34.5 Å². The number of hydrogen-bond acceptors (Lipinski definition) is 8. The Kier molecular flexibility index (Phi) is 10.7. The fraction of sp³-hybridized carbons (Fsp3) is 0.171. The fourth-order valence-electron chi connectivity index (χ4n) is 4.86. The lowest BCUT2D eigenvalue weighted by molar-refractivity contribution is -0.129. The summed E-state index contributed by atoms with van der Waals surface area (Å²) >= 11 is 2.60. The first-order valence-corrected chi connectivity index (χ1v) is 16.4. The second-order valence-electron chi connectivity index (χ2n) is 10.5. The summed E-state index contributed by atoms with van der Waals surface area (Å²) in [5.74, 6) is -0.538. The molecule has 0 saturated carbocycles. The number of carbonyl (C=O) groups is 4. The number of nitrogens with one attached hydrogen (secondary N) is 3. The first-order valence-electron chi connectivity index (χ1n) is 14.6. The Morgan fingerprint density at radius 2 is 1.79 bits per heavy atom. The molecule has 0 bridgehead atoms. The maximum absolute atomic E-state index is 13.5. The Labute approximate surface area is 280 Å². The Balaban J connectivity index is 1.25. The minimum atomic E-state index is -0.529. The van der Waals surface area contributed by atoms with E-state index in [1.807, 2.05) is 6.07 Å². The number of benzene rings is 3. The number of nitriles is 1. The van der Waals surface area contributed by atoms with Crippen LogP contribution in [0.15, 0.2) is 89.5 Å². The maximum Gasteiger partial charge on any atom is 0.272 e. The number of methoxy groups -OCH3 is 1. The molecule has 2 heterocycles. The maximum atomic E-state index is 13.5. The van der Waals surface area contributed by atoms with E-state index in [4.69, 9.17) is 4.74 Å². The summed E-state index contributed by atoms with van der Waals surface area (Å²) in [5, 5.41) is 18.7. The fourth-order valence-corrected chi connectivity index (χ4v) is 6.85. The smallest absolute Gasteiger partial charge is 0.272 e. The number of nitrogens with zero attached hydrogens (tertiary/aromatic N) is 2. The van der Waals surface area contributed by atoms with Gasteiger partial charge in [0.1, 0.15) is 22.5 Å². The number of anilines is 2. The van der Waals surface area contributed by atoms with Gasteiger partial charge >= 0.3 is 0 Å². The lowest BCUT2D eigenvalue weighted by Crippen LogP contribution is -2.33. The van der Waals surface area contributed by atoms with Crippen molar-refractivity contribution in [1.29, 1.82) is 5.26 Å². The number of rotatable bonds is 10. The van der Waals surface area contributed by atoms with Crippen LogP contribution in [-0.4, -0.2) is 47.9 Å². The summed E-state index contributed by atoms with van der Waals surface area (Å²) in [6, 6.07) is 24.9. The van der Waals surface area contributed by atoms with Gasteiger partial charge in [0.05, 0.1) is 25.0 Å². The van der Waals surface area contributed by atoms with Crippen molar-refractivity contribution in [3.63, 3.8) is 0 Å². The van der Waals surface area contributed by atoms with Gasteiger partial charge < -0.3 is 25.6 Å². The number of amides is 4. The Morgan fingerprint density at radius 1 is 1.02 bits per heavy atom. The van der Waals surface area contributed by atoms with Crippen molar-refractivity contribution in [2.45, 2.75) is 24.8 Å². The number of carbonyl (C=O) groups excluding carboxylic acids is 4. The molecule has 5 rings (SSSR count). The van der Waals surface area contributed by atoms with Gasteiger partial charge in [0.25, 0.3) is 11.8 Å². The molecule has 12 heteroatoms. The Morgan fingerprint density at radius 3 is 2.49 bits per heavy atom. The van der Waals surface area contributed by atoms with Crippen LogP contribution < -0.4 is 20.7 Å². The van der Waals surface area contributed by atoms with Gasteiger partial charge in [-0.15, -0.1) is 23.1 Å². The molecular weight excluding hydrogens is 635 g/mol. The molecule has 3 N–H and O–H groups in total. The standard InChI is InChI=1S/C35H31N5O5S2/c1-22(41)40-16-15-28-29(19-36)35(47-31(28)20-40)39-32(42)21-46-27-10-6-9-25(18-27)37-34(44)30(17-23-11-13-26(45-2)14-12-23)38-33(43)24-7-4-3-5-8-24/h3-14,17-18H,15-16,20-21H2,1-2H3,(H,37,44)(H,38,43)(H,39,42)/b30-17+. The first-order chi connectivity index (χ1) is 22.7. The zero-order chi connectivity index (χ0) is 33.3. The van der Waals surface area contributed by atoms with Crippen LogP contribution in [0, 0.1) is 11.3 Å². The second kappa shape index (κ2) is 15.3. The van der Waals surface area contributed by atoms with E-state index in [-0.39, 0.29) is 23.3 Å². The summed E-state index contributed by atoms with van der Waals surface area (Å²) in [6.07, 6.45) is 2.15. The minimum absolute atomic E-state index is 0.0237. The van der Waals surface area contributed by atoms with Crippen LogP contribution in [0.1, 0.15) is 38.8 Å². The number of fused-ring (bicyclic) bond motifs is 1. The van der Waals surface area contributed by atoms with Crippen LogP contribution in [0.3, 0.4) is 0 Å². The summed E-state index contributed by atoms with van der Waals surface area (Å²) in [7, 11) is 1.56. The Bertz CT molecular complexity index is 1880. The van der Waals surface area contributed by atoms with Crippen molar-refractivity contribution in [3.05, 3.63) is 112 Å². The van der Waals surface area contributed by atoms with Gasteiger partial charge in [0.2, 0.25) is 11.8 Å². The summed E-state index contributed by atoms with van der Waals surface area (Å²) < 4.78 is 5.22. The monoisotopic (exact) mass is 665 g/mol. The predicted octanol–water partition coefficient (Wildman–Crippen LogP) is 5.67. The topological polar surface area (TPSA) is 141 Å². The normalized spacial score (nSPS) is 12.4. The van der Waals surface area contributed by atoms with Crippen molar-refractivity contribution in [2.75, 3.05) is 30.0 Å². The molecule has 4 aromatic rings. The number of thioether (sulfide) groups is 1. The zero-order valence-electron chi connectivity index (χ0n) is 25.7. The molecule has 0 radical (unpaired) electrons. The molecule has 1 aliphatic rings. The predicted molar refractivity (Wildman–Crippen MR) is 183 cm³/mol. The summed E-state index contributed by atoms with van der Waals surface area (Å²) in [6.45, 7) is 2.49. The van der Waals surface area contributed by atoms with E-state index in [9.17, 15) is 24.4 Å². The van der Waals surface area contributed by atoms with Crippen LogP contribution in [0.2, 0.25) is 0 Å². The molecule has 47 heavy (non-hydrogen) atoms. The van der Waals surface area contributed by atoms with E-state index in [0.29, 0.717) is 52.6 Å². The molecule has 10 nitrogen and oxygen atoms in total. The van der Waals surface area contributed by atoms with E-state index in [2.05, 4.69) is 22.0 Å². The summed E-state index contributed by atoms with van der Waals surface area (Å²) in [4.78, 5) is 54.5. The highest BCUT2D eigenvalue weighted by atomic mass is 32.2. The van der Waals surface area contributed by atoms with Crippen LogP contribution in [-0.2, 0) is 27.3 Å². The lowest BCUT2D eigenvalue weighted by Gasteiger charge is -2.25. The average Bonchev–Trinajstić information content (AvgIpc) is 3.43. The quantitative estimate of drug-likeness (QED) is 0.146. The van der Waals surface area contributed by atoms with Gasteiger partial charge in [-0.3, -0.25) is 19.2 Å². The molecule has 0 fully saturated rings. The van der Waals surface area contributed by atoms with Gasteiger partial charge in [-0.2, -0.15) is 5.26 Å². The highest BCUT2D eigenvalue weighted by Gasteiger charge is 2.26. The molecule has 3 aromatic carbocycles. The molecule has 0 atom stereocenters. The van der Waals surface area contributed by atoms with E-state index >= 15 is 0 Å². The third kappa shape index (κ3) is 8.46. The van der Waals surface area contributed by atoms with E-state index < -0.39 is 11.8 Å². The Hall–Kier alpha value is -5.38. The van der Waals surface area contributed by atoms with Gasteiger partial charge in [-0.25, -0.2) is 0 Å². The van der Waals surface area contributed by atoms with Gasteiger partial charge in [-0.05, 0) is 66.1 Å². The lowest BCUT2D eigenvalue weighted by atomic mass is 10.0. The van der Waals surface area contributed by atoms with E-state index in [1.165, 1.54) is 30.0 Å². The third-order valence-electron chi connectivity index (χ3n) is 7.28. The minimum Gasteiger partial charge on any atom is -0.497 e. The number of ether oxygens (including phenoxy) is 1. The van der Waals surface area contributed by atoms with Crippen LogP contribution in [0.4, 0.5) is 10.7 Å². The molecule has 0 aliphatic carbocycles. The van der Waals surface area contributed by atoms with E-state index in [1.54, 1.807) is 90.9 Å². The molecule has 0 unspecified atom stereocenters. The molecular formula is C35H31N5O5S2. The van der Waals surface area contributed by atoms with Gasteiger partial charge in [-0.1, -0.05) is 36.4 Å².